The number of nitrogen functional groups attached to an aromatic ring is 1. The minimum absolute atomic E-state index is 0.0261. The van der Waals surface area contributed by atoms with Crippen LogP contribution in [0.25, 0.3) is 27.8 Å². The van der Waals surface area contributed by atoms with Crippen molar-refractivity contribution in [1.29, 1.82) is 0 Å². The van der Waals surface area contributed by atoms with Crippen molar-refractivity contribution in [2.24, 2.45) is 5.10 Å². The predicted molar refractivity (Wildman–Crippen MR) is 168 cm³/mol. The first-order valence-corrected chi connectivity index (χ1v) is 14.3. The van der Waals surface area contributed by atoms with Crippen LogP contribution in [0.3, 0.4) is 0 Å². The number of nitrogens with zero attached hydrogens (tertiary/aromatic N) is 6. The molecular weight excluding hydrogens is 628 g/mol. The SMILES string of the molecule is CCOc1cc(/C=N/NC(=O)c2c(-c3ccccc3)nnn2-c2nonc2N)cc(Br)c1OCc1cccc2ccccc12. The molecule has 0 aliphatic carbocycles. The number of amides is 1. The van der Waals surface area contributed by atoms with Crippen molar-refractivity contribution < 1.29 is 18.9 Å². The molecule has 12 nitrogen and oxygen atoms in total. The summed E-state index contributed by atoms with van der Waals surface area (Å²) in [5.41, 5.74) is 11.1. The molecule has 3 N–H and O–H groups in total. The summed E-state index contributed by atoms with van der Waals surface area (Å²) in [5.74, 6) is 0.452. The fourth-order valence-corrected chi connectivity index (χ4v) is 5.19. The van der Waals surface area contributed by atoms with Crippen LogP contribution in [0.15, 0.2) is 99.1 Å². The molecule has 4 aromatic carbocycles. The van der Waals surface area contributed by atoms with Gasteiger partial charge in [-0.25, -0.2) is 10.1 Å². The third kappa shape index (κ3) is 5.85. The van der Waals surface area contributed by atoms with Crippen LogP contribution in [-0.4, -0.2) is 44.0 Å². The minimum atomic E-state index is -0.605. The number of nitrogens with one attached hydrogen (secondary N) is 1. The summed E-state index contributed by atoms with van der Waals surface area (Å²) in [6.07, 6.45) is 1.49. The van der Waals surface area contributed by atoms with Crippen LogP contribution < -0.4 is 20.6 Å². The minimum Gasteiger partial charge on any atom is -0.490 e. The Balaban J connectivity index is 1.24. The summed E-state index contributed by atoms with van der Waals surface area (Å²) < 4.78 is 18.7. The van der Waals surface area contributed by atoms with Gasteiger partial charge in [-0.3, -0.25) is 4.79 Å². The van der Waals surface area contributed by atoms with Crippen molar-refractivity contribution in [3.8, 4) is 28.6 Å². The van der Waals surface area contributed by atoms with Crippen LogP contribution in [-0.2, 0) is 6.61 Å². The van der Waals surface area contributed by atoms with Gasteiger partial charge in [0.15, 0.2) is 17.2 Å². The monoisotopic (exact) mass is 652 g/mol. The van der Waals surface area contributed by atoms with Gasteiger partial charge >= 0.3 is 0 Å². The van der Waals surface area contributed by atoms with E-state index < -0.39 is 5.91 Å². The summed E-state index contributed by atoms with van der Waals surface area (Å²) in [6, 6.07) is 27.0. The van der Waals surface area contributed by atoms with Crippen LogP contribution in [0, 0.1) is 0 Å². The molecule has 2 aromatic heterocycles. The van der Waals surface area contributed by atoms with Crippen LogP contribution in [0.2, 0.25) is 0 Å². The highest BCUT2D eigenvalue weighted by atomic mass is 79.9. The molecule has 0 aliphatic heterocycles. The van der Waals surface area contributed by atoms with Crippen LogP contribution in [0.4, 0.5) is 5.82 Å². The van der Waals surface area contributed by atoms with Gasteiger partial charge < -0.3 is 15.2 Å². The third-order valence-electron chi connectivity index (χ3n) is 6.59. The molecule has 6 aromatic rings. The Bertz CT molecular complexity index is 1970. The Morgan fingerprint density at radius 1 is 1.05 bits per heavy atom. The molecule has 44 heavy (non-hydrogen) atoms. The van der Waals surface area contributed by atoms with Crippen molar-refractivity contribution in [1.82, 2.24) is 30.7 Å². The molecule has 1 amide bonds. The standard InChI is InChI=1S/C31H25BrN8O4/c1-2-42-25-16-19(15-24(32)28(25)43-18-22-13-8-12-20-9-6-7-14-23(20)22)17-34-36-31(41)27-26(21-10-4-3-5-11-21)35-39-40(27)30-29(33)37-44-38-30/h3-17H,2,18H2,1H3,(H2,33,37)(H,36,41)/b34-17+. The van der Waals surface area contributed by atoms with Crippen molar-refractivity contribution in [2.75, 3.05) is 12.3 Å². The number of benzene rings is 4. The van der Waals surface area contributed by atoms with Gasteiger partial charge in [0.25, 0.3) is 5.91 Å². The molecule has 0 radical (unpaired) electrons. The summed E-state index contributed by atoms with van der Waals surface area (Å²) in [4.78, 5) is 13.4. The first kappa shape index (κ1) is 28.6. The number of rotatable bonds is 10. The largest absolute Gasteiger partial charge is 0.490 e. The number of fused-ring (bicyclic) bond motifs is 1. The van der Waals surface area contributed by atoms with E-state index in [-0.39, 0.29) is 17.3 Å². The normalized spacial score (nSPS) is 11.2. The second-order valence-corrected chi connectivity index (χ2v) is 10.3. The predicted octanol–water partition coefficient (Wildman–Crippen LogP) is 5.56. The average molecular weight is 653 g/mol. The number of carbonyl (C=O) groups is 1. The molecule has 0 unspecified atom stereocenters. The highest BCUT2D eigenvalue weighted by Crippen LogP contribution is 2.37. The Morgan fingerprint density at radius 2 is 1.84 bits per heavy atom. The second-order valence-electron chi connectivity index (χ2n) is 9.43. The molecule has 220 valence electrons. The highest BCUT2D eigenvalue weighted by molar-refractivity contribution is 9.10. The molecule has 13 heteroatoms. The van der Waals surface area contributed by atoms with Crippen molar-refractivity contribution in [3.05, 3.63) is 106 Å². The van der Waals surface area contributed by atoms with E-state index in [1.165, 1.54) is 6.21 Å². The number of hydrazone groups is 1. The molecule has 0 spiro atoms. The first-order valence-electron chi connectivity index (χ1n) is 13.5. The van der Waals surface area contributed by atoms with E-state index in [9.17, 15) is 4.79 Å². The van der Waals surface area contributed by atoms with Crippen molar-refractivity contribution in [3.63, 3.8) is 0 Å². The van der Waals surface area contributed by atoms with E-state index >= 15 is 0 Å². The maximum absolute atomic E-state index is 13.4. The zero-order valence-electron chi connectivity index (χ0n) is 23.3. The molecule has 0 atom stereocenters. The van der Waals surface area contributed by atoms with E-state index in [0.717, 1.165) is 21.0 Å². The molecule has 6 rings (SSSR count). The highest BCUT2D eigenvalue weighted by Gasteiger charge is 2.26. The summed E-state index contributed by atoms with van der Waals surface area (Å²) >= 11 is 3.61. The topological polar surface area (TPSA) is 156 Å². The Hall–Kier alpha value is -5.56. The maximum Gasteiger partial charge on any atom is 0.292 e. The van der Waals surface area contributed by atoms with Gasteiger partial charge in [-0.15, -0.1) is 5.10 Å². The Morgan fingerprint density at radius 3 is 2.64 bits per heavy atom. The van der Waals surface area contributed by atoms with Crippen molar-refractivity contribution >= 4 is 44.6 Å². The molecule has 0 saturated heterocycles. The van der Waals surface area contributed by atoms with Gasteiger partial charge in [-0.1, -0.05) is 78.0 Å². The van der Waals surface area contributed by atoms with E-state index in [4.69, 9.17) is 19.8 Å². The summed E-state index contributed by atoms with van der Waals surface area (Å²) in [7, 11) is 0. The molecular formula is C31H25BrN8O4. The zero-order valence-corrected chi connectivity index (χ0v) is 24.9. The number of carbonyl (C=O) groups excluding carboxylic acids is 1. The lowest BCUT2D eigenvalue weighted by Gasteiger charge is -2.15. The van der Waals surface area contributed by atoms with Gasteiger partial charge in [0.1, 0.15) is 12.3 Å². The van der Waals surface area contributed by atoms with E-state index in [1.54, 1.807) is 18.2 Å². The smallest absolute Gasteiger partial charge is 0.292 e. The quantitative estimate of drug-likeness (QED) is 0.143. The van der Waals surface area contributed by atoms with Gasteiger partial charge in [-0.05, 0) is 67.2 Å². The van der Waals surface area contributed by atoms with Crippen LogP contribution in [0.5, 0.6) is 11.5 Å². The van der Waals surface area contributed by atoms with E-state index in [0.29, 0.717) is 46.0 Å². The summed E-state index contributed by atoms with van der Waals surface area (Å²) in [5, 5.41) is 22.0. The van der Waals surface area contributed by atoms with Gasteiger partial charge in [0, 0.05) is 5.56 Å². The maximum atomic E-state index is 13.4. The lowest BCUT2D eigenvalue weighted by Crippen LogP contribution is -2.22. The number of ether oxygens (including phenoxy) is 2. The third-order valence-corrected chi connectivity index (χ3v) is 7.18. The van der Waals surface area contributed by atoms with E-state index in [1.807, 2.05) is 55.5 Å². The first-order chi connectivity index (χ1) is 21.5. The number of hydrogen-bond donors (Lipinski definition) is 2. The number of hydrogen-bond acceptors (Lipinski definition) is 10. The second kappa shape index (κ2) is 12.8. The Kier molecular flexibility index (Phi) is 8.28. The number of anilines is 1. The number of aromatic nitrogens is 5. The zero-order chi connectivity index (χ0) is 30.5. The number of halogens is 1. The molecule has 0 fully saturated rings. The van der Waals surface area contributed by atoms with Crippen molar-refractivity contribution in [2.45, 2.75) is 13.5 Å². The van der Waals surface area contributed by atoms with Gasteiger partial charge in [-0.2, -0.15) is 9.78 Å². The number of nitrogens with two attached hydrogens (primary N) is 1. The molecule has 0 saturated carbocycles. The molecule has 2 heterocycles. The van der Waals surface area contributed by atoms with Crippen LogP contribution >= 0.6 is 15.9 Å². The lowest BCUT2D eigenvalue weighted by molar-refractivity contribution is 0.0947. The van der Waals surface area contributed by atoms with Gasteiger partial charge in [0.2, 0.25) is 11.6 Å². The average Bonchev–Trinajstić information content (AvgIpc) is 3.67. The molecule has 0 bridgehead atoms. The van der Waals surface area contributed by atoms with E-state index in [2.05, 4.69) is 65.3 Å². The van der Waals surface area contributed by atoms with Gasteiger partial charge in [0.05, 0.1) is 17.3 Å². The summed E-state index contributed by atoms with van der Waals surface area (Å²) in [6.45, 7) is 2.66. The van der Waals surface area contributed by atoms with Crippen LogP contribution in [0.1, 0.15) is 28.5 Å². The molecule has 0 aliphatic rings. The fourth-order valence-electron chi connectivity index (χ4n) is 4.61. The fraction of sp³-hybridized carbons (Fsp3) is 0.0968. The lowest BCUT2D eigenvalue weighted by atomic mass is 10.1. The Labute approximate surface area is 259 Å².